The Bertz CT molecular complexity index is 645. The Morgan fingerprint density at radius 2 is 2.00 bits per heavy atom. The molecule has 2 atom stereocenters. The largest absolute Gasteiger partial charge is 0.434 e. The molecule has 29 heavy (non-hydrogen) atoms. The van der Waals surface area contributed by atoms with Crippen LogP contribution < -0.4 is 15.4 Å². The summed E-state index contributed by atoms with van der Waals surface area (Å²) in [5.74, 6) is 0.685. The predicted octanol–water partition coefficient (Wildman–Crippen LogP) is 3.72. The zero-order valence-electron chi connectivity index (χ0n) is 17.0. The van der Waals surface area contributed by atoms with E-state index in [-0.39, 0.29) is 48.5 Å². The lowest BCUT2D eigenvalue weighted by molar-refractivity contribution is -0.0679. The van der Waals surface area contributed by atoms with Crippen LogP contribution >= 0.6 is 35.6 Å². The van der Waals surface area contributed by atoms with Gasteiger partial charge in [0.2, 0.25) is 0 Å². The van der Waals surface area contributed by atoms with Gasteiger partial charge < -0.3 is 20.1 Å². The highest BCUT2D eigenvalue weighted by Gasteiger charge is 2.21. The molecule has 1 heterocycles. The number of morpholine rings is 1. The van der Waals surface area contributed by atoms with E-state index in [0.717, 1.165) is 32.6 Å². The Hall–Kier alpha value is -0.910. The highest BCUT2D eigenvalue weighted by molar-refractivity contribution is 14.0. The van der Waals surface area contributed by atoms with Crippen LogP contribution in [0.25, 0.3) is 0 Å². The smallest absolute Gasteiger partial charge is 0.387 e. The molecule has 1 aromatic rings. The maximum Gasteiger partial charge on any atom is 0.387 e. The van der Waals surface area contributed by atoms with Gasteiger partial charge in [0, 0.05) is 50.4 Å². The lowest BCUT2D eigenvalue weighted by atomic mass is 10.2. The summed E-state index contributed by atoms with van der Waals surface area (Å²) < 4.78 is 35.4. The van der Waals surface area contributed by atoms with E-state index in [1.54, 1.807) is 13.1 Å². The minimum atomic E-state index is -2.89. The van der Waals surface area contributed by atoms with E-state index < -0.39 is 6.61 Å². The second-order valence-electron chi connectivity index (χ2n) is 6.85. The number of hydrogen-bond acceptors (Lipinski definition) is 4. The van der Waals surface area contributed by atoms with Gasteiger partial charge in [-0.05, 0) is 38.5 Å². The summed E-state index contributed by atoms with van der Waals surface area (Å²) >= 11 is 5.97. The first-order valence-corrected chi connectivity index (χ1v) is 9.80. The normalized spacial score (nSPS) is 20.3. The maximum atomic E-state index is 12.5. The molecule has 0 aromatic heterocycles. The fraction of sp³-hybridized carbons (Fsp3) is 0.632. The van der Waals surface area contributed by atoms with Gasteiger partial charge in [-0.3, -0.25) is 9.89 Å². The van der Waals surface area contributed by atoms with Crippen LogP contribution in [0.2, 0.25) is 5.02 Å². The number of halogens is 4. The van der Waals surface area contributed by atoms with Crippen molar-refractivity contribution in [2.45, 2.75) is 45.6 Å². The number of rotatable bonds is 8. The van der Waals surface area contributed by atoms with Gasteiger partial charge in [-0.25, -0.2) is 0 Å². The standard InChI is InChI=1S/C19H29ClF2N4O2.HI/c1-13-11-26(12-14(2)27-13)8-4-7-24-19(23-3)25-10-15-9-16(20)5-6-17(15)28-18(21)22;/h5-6,9,13-14,18H,4,7-8,10-12H2,1-3H3,(H2,23,24,25);1H. The molecule has 1 aliphatic heterocycles. The summed E-state index contributed by atoms with van der Waals surface area (Å²) in [7, 11) is 1.66. The number of benzene rings is 1. The zero-order chi connectivity index (χ0) is 20.5. The minimum absolute atomic E-state index is 0. The molecule has 0 aliphatic carbocycles. The van der Waals surface area contributed by atoms with Crippen molar-refractivity contribution in [1.29, 1.82) is 0 Å². The van der Waals surface area contributed by atoms with Crippen molar-refractivity contribution in [2.24, 2.45) is 4.99 Å². The van der Waals surface area contributed by atoms with Gasteiger partial charge in [-0.1, -0.05) is 11.6 Å². The van der Waals surface area contributed by atoms with Crippen LogP contribution in [0.1, 0.15) is 25.8 Å². The van der Waals surface area contributed by atoms with Crippen molar-refractivity contribution >= 4 is 41.5 Å². The van der Waals surface area contributed by atoms with Crippen molar-refractivity contribution in [3.63, 3.8) is 0 Å². The Labute approximate surface area is 193 Å². The van der Waals surface area contributed by atoms with E-state index in [9.17, 15) is 8.78 Å². The van der Waals surface area contributed by atoms with E-state index >= 15 is 0 Å². The average Bonchev–Trinajstić information content (AvgIpc) is 2.62. The summed E-state index contributed by atoms with van der Waals surface area (Å²) in [4.78, 5) is 6.56. The van der Waals surface area contributed by atoms with Crippen molar-refractivity contribution < 1.29 is 18.3 Å². The quantitative estimate of drug-likeness (QED) is 0.225. The molecule has 10 heteroatoms. The number of ether oxygens (including phenoxy) is 2. The molecule has 0 saturated carbocycles. The molecule has 1 aliphatic rings. The van der Waals surface area contributed by atoms with Crippen LogP contribution in [0, 0.1) is 0 Å². The molecule has 2 N–H and O–H groups in total. The highest BCUT2D eigenvalue weighted by atomic mass is 127. The second-order valence-corrected chi connectivity index (χ2v) is 7.29. The van der Waals surface area contributed by atoms with Gasteiger partial charge in [0.05, 0.1) is 12.2 Å². The van der Waals surface area contributed by atoms with Gasteiger partial charge in [-0.2, -0.15) is 8.78 Å². The van der Waals surface area contributed by atoms with E-state index in [2.05, 4.69) is 39.1 Å². The highest BCUT2D eigenvalue weighted by Crippen LogP contribution is 2.24. The van der Waals surface area contributed by atoms with Crippen LogP contribution in [0.3, 0.4) is 0 Å². The summed E-state index contributed by atoms with van der Waals surface area (Å²) in [6.07, 6.45) is 1.47. The molecule has 0 spiro atoms. The average molecular weight is 547 g/mol. The van der Waals surface area contributed by atoms with Gasteiger partial charge in [0.15, 0.2) is 5.96 Å². The van der Waals surface area contributed by atoms with E-state index in [1.807, 2.05) is 0 Å². The van der Waals surface area contributed by atoms with Crippen molar-refractivity contribution in [2.75, 3.05) is 33.2 Å². The Morgan fingerprint density at radius 3 is 2.62 bits per heavy atom. The Kier molecular flexibility index (Phi) is 12.1. The summed E-state index contributed by atoms with van der Waals surface area (Å²) in [6.45, 7) is 5.17. The molecule has 0 amide bonds. The van der Waals surface area contributed by atoms with E-state index in [4.69, 9.17) is 16.3 Å². The van der Waals surface area contributed by atoms with Crippen molar-refractivity contribution in [3.8, 4) is 5.75 Å². The number of guanidine groups is 1. The van der Waals surface area contributed by atoms with Crippen LogP contribution in [-0.2, 0) is 11.3 Å². The molecule has 1 aromatic carbocycles. The summed E-state index contributed by atoms with van der Waals surface area (Å²) in [5.41, 5.74) is 0.534. The number of aliphatic imine (C=N–C) groups is 1. The van der Waals surface area contributed by atoms with Gasteiger partial charge >= 0.3 is 6.61 Å². The lowest BCUT2D eigenvalue weighted by Gasteiger charge is -2.35. The SMILES string of the molecule is CN=C(NCCCN1CC(C)OC(C)C1)NCc1cc(Cl)ccc1OC(F)F.I. The van der Waals surface area contributed by atoms with Crippen LogP contribution in [0.5, 0.6) is 5.75 Å². The molecule has 6 nitrogen and oxygen atoms in total. The molecule has 0 bridgehead atoms. The molecule has 1 saturated heterocycles. The molecule has 1 fully saturated rings. The van der Waals surface area contributed by atoms with Crippen LogP contribution in [0.15, 0.2) is 23.2 Å². The maximum absolute atomic E-state index is 12.5. The van der Waals surface area contributed by atoms with Gasteiger partial charge in [-0.15, -0.1) is 24.0 Å². The monoisotopic (exact) mass is 546 g/mol. The minimum Gasteiger partial charge on any atom is -0.434 e. The lowest BCUT2D eigenvalue weighted by Crippen LogP contribution is -2.46. The third kappa shape index (κ3) is 9.63. The molecule has 2 rings (SSSR count). The first kappa shape index (κ1) is 26.1. The number of alkyl halides is 2. The van der Waals surface area contributed by atoms with E-state index in [0.29, 0.717) is 16.5 Å². The Balaban J connectivity index is 0.00000420. The van der Waals surface area contributed by atoms with Crippen molar-refractivity contribution in [3.05, 3.63) is 28.8 Å². The third-order valence-corrected chi connectivity index (χ3v) is 4.58. The molecular weight excluding hydrogens is 517 g/mol. The molecule has 2 unspecified atom stereocenters. The summed E-state index contributed by atoms with van der Waals surface area (Å²) in [5, 5.41) is 6.79. The summed E-state index contributed by atoms with van der Waals surface area (Å²) in [6, 6.07) is 4.55. The first-order chi connectivity index (χ1) is 13.4. The Morgan fingerprint density at radius 1 is 1.31 bits per heavy atom. The molecular formula is C19H30ClF2IN4O2. The zero-order valence-corrected chi connectivity index (χ0v) is 20.0. The first-order valence-electron chi connectivity index (χ1n) is 9.43. The molecule has 0 radical (unpaired) electrons. The van der Waals surface area contributed by atoms with Crippen LogP contribution in [0.4, 0.5) is 8.78 Å². The number of nitrogens with one attached hydrogen (secondary N) is 2. The van der Waals surface area contributed by atoms with Crippen molar-refractivity contribution in [1.82, 2.24) is 15.5 Å². The number of nitrogens with zero attached hydrogens (tertiary/aromatic N) is 2. The fourth-order valence-electron chi connectivity index (χ4n) is 3.27. The predicted molar refractivity (Wildman–Crippen MR) is 123 cm³/mol. The number of hydrogen-bond donors (Lipinski definition) is 2. The van der Waals surface area contributed by atoms with E-state index in [1.165, 1.54) is 12.1 Å². The fourth-order valence-corrected chi connectivity index (χ4v) is 3.47. The third-order valence-electron chi connectivity index (χ3n) is 4.35. The van der Waals surface area contributed by atoms with Crippen LogP contribution in [-0.4, -0.2) is 62.9 Å². The molecule has 166 valence electrons. The van der Waals surface area contributed by atoms with Gasteiger partial charge in [0.1, 0.15) is 5.75 Å². The van der Waals surface area contributed by atoms with Gasteiger partial charge in [0.25, 0.3) is 0 Å². The topological polar surface area (TPSA) is 58.1 Å². The second kappa shape index (κ2) is 13.4.